The van der Waals surface area contributed by atoms with Gasteiger partial charge in [-0.25, -0.2) is 8.42 Å². The molecule has 27 heavy (non-hydrogen) atoms. The van der Waals surface area contributed by atoms with Crippen molar-refractivity contribution in [3.8, 4) is 0 Å². The van der Waals surface area contributed by atoms with E-state index in [4.69, 9.17) is 0 Å². The molecule has 0 atom stereocenters. The van der Waals surface area contributed by atoms with Gasteiger partial charge in [0.1, 0.15) is 0 Å². The number of rotatable bonds is 5. The molecular weight excluding hydrogens is 366 g/mol. The van der Waals surface area contributed by atoms with Crippen LogP contribution >= 0.6 is 0 Å². The monoisotopic (exact) mass is 387 g/mol. The summed E-state index contributed by atoms with van der Waals surface area (Å²) in [6.45, 7) is 0.699. The first-order chi connectivity index (χ1) is 12.8. The Kier molecular flexibility index (Phi) is 5.18. The van der Waals surface area contributed by atoms with Crippen LogP contribution in [0.4, 0.5) is 17.1 Å². The Hall–Kier alpha value is -2.87. The Bertz CT molecular complexity index is 971. The highest BCUT2D eigenvalue weighted by molar-refractivity contribution is 7.92. The van der Waals surface area contributed by atoms with Gasteiger partial charge in [-0.05, 0) is 48.9 Å². The average Bonchev–Trinajstić information content (AvgIpc) is 3.06. The van der Waals surface area contributed by atoms with Crippen LogP contribution in [0.25, 0.3) is 0 Å². The summed E-state index contributed by atoms with van der Waals surface area (Å²) in [5, 5.41) is 2.76. The largest absolute Gasteiger partial charge is 0.322 e. The van der Waals surface area contributed by atoms with Crippen molar-refractivity contribution >= 4 is 38.9 Å². The molecule has 0 aromatic heterocycles. The molecule has 0 spiro atoms. The van der Waals surface area contributed by atoms with Gasteiger partial charge in [0.15, 0.2) is 0 Å². The number of carbonyl (C=O) groups excluding carboxylic acids is 2. The Morgan fingerprint density at radius 3 is 2.44 bits per heavy atom. The van der Waals surface area contributed by atoms with Crippen molar-refractivity contribution in [3.63, 3.8) is 0 Å². The van der Waals surface area contributed by atoms with Crippen molar-refractivity contribution in [3.05, 3.63) is 54.1 Å². The molecule has 0 aliphatic carbocycles. The second-order valence-corrected chi connectivity index (χ2v) is 8.44. The first-order valence-corrected chi connectivity index (χ1v) is 10.4. The van der Waals surface area contributed by atoms with E-state index in [1.807, 2.05) is 0 Å². The summed E-state index contributed by atoms with van der Waals surface area (Å²) in [7, 11) is -1.93. The molecule has 8 heteroatoms. The van der Waals surface area contributed by atoms with Crippen molar-refractivity contribution < 1.29 is 18.0 Å². The van der Waals surface area contributed by atoms with Crippen molar-refractivity contribution in [2.45, 2.75) is 12.8 Å². The van der Waals surface area contributed by atoms with Crippen LogP contribution in [-0.4, -0.2) is 40.1 Å². The lowest BCUT2D eigenvalue weighted by molar-refractivity contribution is -0.117. The minimum atomic E-state index is -3.38. The van der Waals surface area contributed by atoms with Crippen LogP contribution < -0.4 is 14.5 Å². The van der Waals surface area contributed by atoms with Gasteiger partial charge in [0.25, 0.3) is 5.91 Å². The van der Waals surface area contributed by atoms with E-state index in [9.17, 15) is 18.0 Å². The Balaban J connectivity index is 1.73. The molecule has 7 nitrogen and oxygen atoms in total. The van der Waals surface area contributed by atoms with E-state index in [2.05, 4.69) is 5.32 Å². The summed E-state index contributed by atoms with van der Waals surface area (Å²) in [5.41, 5.74) is 2.18. The van der Waals surface area contributed by atoms with Gasteiger partial charge in [-0.1, -0.05) is 6.07 Å². The first-order valence-electron chi connectivity index (χ1n) is 8.51. The third kappa shape index (κ3) is 4.28. The zero-order valence-corrected chi connectivity index (χ0v) is 16.0. The Morgan fingerprint density at radius 2 is 1.85 bits per heavy atom. The Morgan fingerprint density at radius 1 is 1.15 bits per heavy atom. The van der Waals surface area contributed by atoms with Crippen LogP contribution in [-0.2, 0) is 14.8 Å². The van der Waals surface area contributed by atoms with E-state index < -0.39 is 10.0 Å². The maximum absolute atomic E-state index is 12.5. The summed E-state index contributed by atoms with van der Waals surface area (Å²) in [6, 6.07) is 13.5. The summed E-state index contributed by atoms with van der Waals surface area (Å²) in [4.78, 5) is 26.0. The molecular formula is C19H21N3O4S. The predicted molar refractivity (Wildman–Crippen MR) is 106 cm³/mol. The first kappa shape index (κ1) is 18.9. The molecule has 1 saturated heterocycles. The van der Waals surface area contributed by atoms with E-state index in [1.165, 1.54) is 7.05 Å². The van der Waals surface area contributed by atoms with Gasteiger partial charge >= 0.3 is 0 Å². The third-order valence-corrected chi connectivity index (χ3v) is 5.69. The maximum atomic E-state index is 12.5. The molecule has 1 aliphatic rings. The lowest BCUT2D eigenvalue weighted by Crippen LogP contribution is -2.25. The Labute approximate surface area is 158 Å². The second-order valence-electron chi connectivity index (χ2n) is 6.43. The number of nitrogens with zero attached hydrogens (tertiary/aromatic N) is 2. The minimum absolute atomic E-state index is 0.0963. The number of nitrogens with one attached hydrogen (secondary N) is 1. The molecule has 1 N–H and O–H groups in total. The minimum Gasteiger partial charge on any atom is -0.322 e. The van der Waals surface area contributed by atoms with E-state index >= 15 is 0 Å². The lowest BCUT2D eigenvalue weighted by atomic mass is 10.1. The molecule has 0 saturated carbocycles. The van der Waals surface area contributed by atoms with Crippen LogP contribution in [0, 0.1) is 0 Å². The van der Waals surface area contributed by atoms with Crippen LogP contribution in [0.5, 0.6) is 0 Å². The molecule has 1 heterocycles. The SMILES string of the molecule is CN(c1cccc(NC(=O)c2ccc(N3CCCC3=O)cc2)c1)S(C)(=O)=O. The standard InChI is InChI=1S/C19H21N3O4S/c1-21(27(2,25)26)17-6-3-5-15(13-17)20-19(24)14-8-10-16(11-9-14)22-12-4-7-18(22)23/h3,5-6,8-11,13H,4,7,12H2,1-2H3,(H,20,24). The third-order valence-electron chi connectivity index (χ3n) is 4.48. The van der Waals surface area contributed by atoms with E-state index in [0.717, 1.165) is 22.7 Å². The van der Waals surface area contributed by atoms with Gasteiger partial charge < -0.3 is 10.2 Å². The van der Waals surface area contributed by atoms with Gasteiger partial charge in [-0.15, -0.1) is 0 Å². The molecule has 1 fully saturated rings. The van der Waals surface area contributed by atoms with Gasteiger partial charge in [-0.2, -0.15) is 0 Å². The van der Waals surface area contributed by atoms with Crippen molar-refractivity contribution in [1.82, 2.24) is 0 Å². The molecule has 142 valence electrons. The summed E-state index contributed by atoms with van der Waals surface area (Å²) in [6.07, 6.45) is 2.52. The highest BCUT2D eigenvalue weighted by atomic mass is 32.2. The smallest absolute Gasteiger partial charge is 0.255 e. The van der Waals surface area contributed by atoms with Crippen molar-refractivity contribution in [2.24, 2.45) is 0 Å². The maximum Gasteiger partial charge on any atom is 0.255 e. The fourth-order valence-corrected chi connectivity index (χ4v) is 3.38. The van der Waals surface area contributed by atoms with Crippen LogP contribution in [0.2, 0.25) is 0 Å². The number of carbonyl (C=O) groups is 2. The number of amides is 2. The lowest BCUT2D eigenvalue weighted by Gasteiger charge is -2.18. The van der Waals surface area contributed by atoms with Gasteiger partial charge in [-0.3, -0.25) is 13.9 Å². The summed E-state index contributed by atoms with van der Waals surface area (Å²) < 4.78 is 24.5. The van der Waals surface area contributed by atoms with Gasteiger partial charge in [0, 0.05) is 37.0 Å². The van der Waals surface area contributed by atoms with Crippen LogP contribution in [0.15, 0.2) is 48.5 Å². The normalized spacial score (nSPS) is 14.3. The zero-order valence-electron chi connectivity index (χ0n) is 15.2. The molecule has 2 aromatic carbocycles. The number of anilines is 3. The number of sulfonamides is 1. The van der Waals surface area contributed by atoms with E-state index in [0.29, 0.717) is 29.9 Å². The van der Waals surface area contributed by atoms with E-state index in [1.54, 1.807) is 53.4 Å². The topological polar surface area (TPSA) is 86.8 Å². The second kappa shape index (κ2) is 7.40. The van der Waals surface area contributed by atoms with Gasteiger partial charge in [0.05, 0.1) is 11.9 Å². The number of hydrogen-bond donors (Lipinski definition) is 1. The fraction of sp³-hybridized carbons (Fsp3) is 0.263. The predicted octanol–water partition coefficient (Wildman–Crippen LogP) is 2.46. The molecule has 0 bridgehead atoms. The fourth-order valence-electron chi connectivity index (χ4n) is 2.89. The molecule has 2 aromatic rings. The molecule has 0 unspecified atom stereocenters. The van der Waals surface area contributed by atoms with Crippen LogP contribution in [0.3, 0.4) is 0 Å². The van der Waals surface area contributed by atoms with Crippen molar-refractivity contribution in [1.29, 1.82) is 0 Å². The number of benzene rings is 2. The quantitative estimate of drug-likeness (QED) is 0.854. The summed E-state index contributed by atoms with van der Waals surface area (Å²) >= 11 is 0. The highest BCUT2D eigenvalue weighted by Gasteiger charge is 2.21. The number of hydrogen-bond acceptors (Lipinski definition) is 4. The van der Waals surface area contributed by atoms with Crippen LogP contribution in [0.1, 0.15) is 23.2 Å². The average molecular weight is 387 g/mol. The van der Waals surface area contributed by atoms with E-state index in [-0.39, 0.29) is 11.8 Å². The van der Waals surface area contributed by atoms with Crippen molar-refractivity contribution in [2.75, 3.05) is 34.4 Å². The van der Waals surface area contributed by atoms with Gasteiger partial charge in [0.2, 0.25) is 15.9 Å². The molecule has 3 rings (SSSR count). The zero-order chi connectivity index (χ0) is 19.6. The summed E-state index contributed by atoms with van der Waals surface area (Å²) in [5.74, 6) is -0.215. The highest BCUT2D eigenvalue weighted by Crippen LogP contribution is 2.23. The molecule has 1 aliphatic heterocycles. The molecule has 2 amide bonds. The molecule has 0 radical (unpaired) electrons.